The van der Waals surface area contributed by atoms with Gasteiger partial charge >= 0.3 is 5.97 Å². The number of carbonyl (C=O) groups excluding carboxylic acids is 1. The Bertz CT molecular complexity index is 998. The zero-order valence-electron chi connectivity index (χ0n) is 16.7. The van der Waals surface area contributed by atoms with Crippen molar-refractivity contribution in [2.24, 2.45) is 0 Å². The summed E-state index contributed by atoms with van der Waals surface area (Å²) >= 11 is 0. The van der Waals surface area contributed by atoms with Crippen molar-refractivity contribution in [3.63, 3.8) is 0 Å². The van der Waals surface area contributed by atoms with Gasteiger partial charge in [-0.15, -0.1) is 0 Å². The number of aromatic nitrogens is 4. The van der Waals surface area contributed by atoms with Crippen LogP contribution in [0.1, 0.15) is 33.2 Å². The van der Waals surface area contributed by atoms with E-state index < -0.39 is 5.97 Å². The Morgan fingerprint density at radius 1 is 1.17 bits per heavy atom. The van der Waals surface area contributed by atoms with Gasteiger partial charge in [-0.1, -0.05) is 11.2 Å². The van der Waals surface area contributed by atoms with Crippen LogP contribution < -0.4 is 15.4 Å². The van der Waals surface area contributed by atoms with Crippen LogP contribution in [-0.2, 0) is 18.0 Å². The number of nitrogen functional groups attached to an aromatic ring is 1. The first kappa shape index (κ1) is 20.1. The molecule has 2 aromatic heterocycles. The highest BCUT2D eigenvalue weighted by molar-refractivity contribution is 5.89. The van der Waals surface area contributed by atoms with E-state index in [1.807, 2.05) is 13.8 Å². The molecule has 152 valence electrons. The van der Waals surface area contributed by atoms with E-state index in [4.69, 9.17) is 19.7 Å². The molecule has 0 fully saturated rings. The van der Waals surface area contributed by atoms with Crippen molar-refractivity contribution >= 4 is 17.9 Å². The van der Waals surface area contributed by atoms with Gasteiger partial charge in [0.2, 0.25) is 11.9 Å². The molecule has 0 aliphatic rings. The maximum absolute atomic E-state index is 12.4. The van der Waals surface area contributed by atoms with Gasteiger partial charge in [0.05, 0.1) is 16.8 Å². The Labute approximate surface area is 167 Å². The fourth-order valence-corrected chi connectivity index (χ4v) is 2.48. The first-order valence-corrected chi connectivity index (χ1v) is 8.83. The molecule has 0 unspecified atom stereocenters. The van der Waals surface area contributed by atoms with E-state index in [1.165, 1.54) is 0 Å². The molecule has 0 spiro atoms. The first-order chi connectivity index (χ1) is 13.8. The number of benzene rings is 1. The van der Waals surface area contributed by atoms with Gasteiger partial charge in [0.1, 0.15) is 18.1 Å². The Morgan fingerprint density at radius 2 is 1.97 bits per heavy atom. The van der Waals surface area contributed by atoms with Crippen LogP contribution in [0.3, 0.4) is 0 Å². The maximum Gasteiger partial charge on any atom is 0.338 e. The molecule has 1 aromatic carbocycles. The Morgan fingerprint density at radius 3 is 2.66 bits per heavy atom. The fraction of sp³-hybridized carbons (Fsp3) is 0.316. The molecule has 10 nitrogen and oxygen atoms in total. The van der Waals surface area contributed by atoms with Crippen LogP contribution in [0.4, 0.5) is 11.9 Å². The summed E-state index contributed by atoms with van der Waals surface area (Å²) in [7, 11) is 3.55. The topological polar surface area (TPSA) is 129 Å². The summed E-state index contributed by atoms with van der Waals surface area (Å²) in [5, 5.41) is 3.89. The van der Waals surface area contributed by atoms with Crippen molar-refractivity contribution in [3.8, 4) is 5.75 Å². The van der Waals surface area contributed by atoms with Crippen LogP contribution in [0.5, 0.6) is 5.75 Å². The molecule has 2 heterocycles. The summed E-state index contributed by atoms with van der Waals surface area (Å²) in [6, 6.07) is 6.71. The van der Waals surface area contributed by atoms with Crippen LogP contribution in [0.15, 0.2) is 28.8 Å². The van der Waals surface area contributed by atoms with Gasteiger partial charge < -0.3 is 24.6 Å². The third kappa shape index (κ3) is 4.98. The summed E-state index contributed by atoms with van der Waals surface area (Å²) in [5.74, 6) is 1.41. The lowest BCUT2D eigenvalue weighted by molar-refractivity contribution is 0.0461. The largest absolute Gasteiger partial charge is 0.489 e. The molecular formula is C19H22N6O4. The van der Waals surface area contributed by atoms with Crippen molar-refractivity contribution in [3.05, 3.63) is 52.7 Å². The predicted molar refractivity (Wildman–Crippen MR) is 104 cm³/mol. The summed E-state index contributed by atoms with van der Waals surface area (Å²) < 4.78 is 16.2. The minimum absolute atomic E-state index is 0.0597. The average molecular weight is 398 g/mol. The SMILES string of the molecule is Cc1noc(C)c1COc1cccc(C(=O)OCc2nc(N)nc(N(C)C)n2)c1. The number of anilines is 2. The second kappa shape index (κ2) is 8.55. The number of ether oxygens (including phenoxy) is 2. The van der Waals surface area contributed by atoms with Crippen molar-refractivity contribution in [1.29, 1.82) is 0 Å². The molecule has 0 amide bonds. The number of nitrogens with two attached hydrogens (primary N) is 1. The van der Waals surface area contributed by atoms with Crippen LogP contribution in [0.2, 0.25) is 0 Å². The number of esters is 1. The number of hydrogen-bond donors (Lipinski definition) is 1. The molecule has 3 rings (SSSR count). The molecule has 0 saturated heterocycles. The van der Waals surface area contributed by atoms with Crippen LogP contribution in [0.25, 0.3) is 0 Å². The van der Waals surface area contributed by atoms with E-state index in [-0.39, 0.29) is 25.0 Å². The van der Waals surface area contributed by atoms with Gasteiger partial charge in [0, 0.05) is 14.1 Å². The van der Waals surface area contributed by atoms with Gasteiger partial charge in [0.25, 0.3) is 0 Å². The zero-order chi connectivity index (χ0) is 21.0. The lowest BCUT2D eigenvalue weighted by Crippen LogP contribution is -2.17. The fourth-order valence-electron chi connectivity index (χ4n) is 2.48. The van der Waals surface area contributed by atoms with Gasteiger partial charge in [-0.2, -0.15) is 15.0 Å². The van der Waals surface area contributed by atoms with Crippen LogP contribution in [0, 0.1) is 13.8 Å². The minimum Gasteiger partial charge on any atom is -0.489 e. The number of rotatable bonds is 7. The van der Waals surface area contributed by atoms with Crippen LogP contribution in [-0.4, -0.2) is 40.2 Å². The van der Waals surface area contributed by atoms with E-state index in [0.29, 0.717) is 23.0 Å². The standard InChI is InChI=1S/C19H22N6O4/c1-11-15(12(2)29-24-11)9-27-14-7-5-6-13(8-14)17(26)28-10-16-21-18(20)23-19(22-16)25(3)4/h5-8H,9-10H2,1-4H3,(H2,20,21,22,23). The molecular weight excluding hydrogens is 376 g/mol. The van der Waals surface area contributed by atoms with E-state index in [2.05, 4.69) is 20.1 Å². The van der Waals surface area contributed by atoms with E-state index in [1.54, 1.807) is 43.3 Å². The van der Waals surface area contributed by atoms with Gasteiger partial charge in [-0.3, -0.25) is 0 Å². The summed E-state index contributed by atoms with van der Waals surface area (Å²) in [5.41, 5.74) is 7.66. The average Bonchev–Trinajstić information content (AvgIpc) is 3.02. The van der Waals surface area contributed by atoms with E-state index in [9.17, 15) is 4.79 Å². The molecule has 10 heteroatoms. The third-order valence-electron chi connectivity index (χ3n) is 4.05. The van der Waals surface area contributed by atoms with Gasteiger partial charge in [-0.05, 0) is 32.0 Å². The lowest BCUT2D eigenvalue weighted by Gasteiger charge is -2.11. The quantitative estimate of drug-likeness (QED) is 0.590. The molecule has 29 heavy (non-hydrogen) atoms. The monoisotopic (exact) mass is 398 g/mol. The molecule has 0 atom stereocenters. The second-order valence-electron chi connectivity index (χ2n) is 6.50. The Kier molecular flexibility index (Phi) is 5.91. The zero-order valence-corrected chi connectivity index (χ0v) is 16.7. The highest BCUT2D eigenvalue weighted by Gasteiger charge is 2.13. The molecule has 2 N–H and O–H groups in total. The van der Waals surface area contributed by atoms with E-state index in [0.717, 1.165) is 11.3 Å². The molecule has 0 aliphatic heterocycles. The van der Waals surface area contributed by atoms with Crippen molar-refractivity contribution < 1.29 is 18.8 Å². The molecule has 0 bridgehead atoms. The highest BCUT2D eigenvalue weighted by Crippen LogP contribution is 2.19. The van der Waals surface area contributed by atoms with Gasteiger partial charge in [-0.25, -0.2) is 4.79 Å². The summed E-state index contributed by atoms with van der Waals surface area (Å²) in [6.45, 7) is 3.83. The number of hydrogen-bond acceptors (Lipinski definition) is 10. The normalized spacial score (nSPS) is 10.6. The summed E-state index contributed by atoms with van der Waals surface area (Å²) in [6.07, 6.45) is 0. The lowest BCUT2D eigenvalue weighted by atomic mass is 10.2. The third-order valence-corrected chi connectivity index (χ3v) is 4.05. The van der Waals surface area contributed by atoms with Crippen molar-refractivity contribution in [2.45, 2.75) is 27.1 Å². The second-order valence-corrected chi connectivity index (χ2v) is 6.50. The Hall–Kier alpha value is -3.69. The number of aryl methyl sites for hydroxylation is 2. The minimum atomic E-state index is -0.529. The smallest absolute Gasteiger partial charge is 0.338 e. The van der Waals surface area contributed by atoms with Crippen molar-refractivity contribution in [1.82, 2.24) is 20.1 Å². The number of carbonyl (C=O) groups is 1. The number of nitrogens with zero attached hydrogens (tertiary/aromatic N) is 5. The predicted octanol–water partition coefficient (Wildman–Crippen LogP) is 2.06. The summed E-state index contributed by atoms with van der Waals surface area (Å²) in [4.78, 5) is 26.3. The molecule has 0 saturated carbocycles. The molecule has 0 aliphatic carbocycles. The maximum atomic E-state index is 12.4. The van der Waals surface area contributed by atoms with Crippen LogP contribution >= 0.6 is 0 Å². The van der Waals surface area contributed by atoms with Crippen molar-refractivity contribution in [2.75, 3.05) is 24.7 Å². The molecule has 3 aromatic rings. The molecule has 0 radical (unpaired) electrons. The Balaban J connectivity index is 1.64. The highest BCUT2D eigenvalue weighted by atomic mass is 16.5. The van der Waals surface area contributed by atoms with E-state index >= 15 is 0 Å². The van der Waals surface area contributed by atoms with Gasteiger partial charge in [0.15, 0.2) is 12.4 Å². The first-order valence-electron chi connectivity index (χ1n) is 8.83.